The molecule has 0 aliphatic rings. The Bertz CT molecular complexity index is 844. The van der Waals surface area contributed by atoms with E-state index in [2.05, 4.69) is 15.7 Å². The van der Waals surface area contributed by atoms with Crippen LogP contribution in [0.15, 0.2) is 48.5 Å². The van der Waals surface area contributed by atoms with Gasteiger partial charge in [0.25, 0.3) is 0 Å². The number of nitrogens with one attached hydrogen (secondary N) is 1. The molecule has 1 heterocycles. The van der Waals surface area contributed by atoms with Crippen molar-refractivity contribution < 1.29 is 0 Å². The molecule has 5 nitrogen and oxygen atoms in total. The smallest absolute Gasteiger partial charge is 0.222 e. The Hall–Kier alpha value is -1.89. The molecular weight excluding hydrogens is 341 g/mol. The van der Waals surface area contributed by atoms with Gasteiger partial charge in [-0.1, -0.05) is 41.4 Å². The zero-order valence-electron chi connectivity index (χ0n) is 11.3. The molecule has 0 aliphatic carbocycles. The lowest BCUT2D eigenvalue weighted by atomic mass is 10.3. The number of tetrazole rings is 1. The van der Waals surface area contributed by atoms with E-state index >= 15 is 0 Å². The molecule has 8 heteroatoms. The van der Waals surface area contributed by atoms with Crippen molar-refractivity contribution in [3.8, 4) is 5.69 Å². The number of benzene rings is 2. The SMILES string of the molecule is S=c1n(CNc2cc(Cl)ccc2Cl)nnn1-c1ccccc1. The summed E-state index contributed by atoms with van der Waals surface area (Å²) in [5.41, 5.74) is 1.57. The van der Waals surface area contributed by atoms with Gasteiger partial charge in [0.05, 0.1) is 16.4 Å². The summed E-state index contributed by atoms with van der Waals surface area (Å²) in [4.78, 5) is 0. The van der Waals surface area contributed by atoms with Gasteiger partial charge >= 0.3 is 0 Å². The molecule has 0 bridgehead atoms. The molecule has 1 aromatic heterocycles. The summed E-state index contributed by atoms with van der Waals surface area (Å²) in [5.74, 6) is 0. The van der Waals surface area contributed by atoms with Crippen LogP contribution in [0, 0.1) is 4.77 Å². The zero-order chi connectivity index (χ0) is 15.5. The molecule has 0 spiro atoms. The molecule has 0 aliphatic heterocycles. The number of anilines is 1. The number of aromatic nitrogens is 4. The summed E-state index contributed by atoms with van der Waals surface area (Å²) < 4.78 is 3.65. The van der Waals surface area contributed by atoms with Crippen LogP contribution in [0.1, 0.15) is 0 Å². The Kier molecular flexibility index (Phi) is 4.42. The summed E-state index contributed by atoms with van der Waals surface area (Å²) in [5, 5.41) is 12.4. The van der Waals surface area contributed by atoms with Crippen LogP contribution in [0.5, 0.6) is 0 Å². The number of para-hydroxylation sites is 1. The van der Waals surface area contributed by atoms with Gasteiger partial charge in [-0.25, -0.2) is 0 Å². The van der Waals surface area contributed by atoms with E-state index in [-0.39, 0.29) is 0 Å². The van der Waals surface area contributed by atoms with Gasteiger partial charge in [-0.2, -0.15) is 9.36 Å². The third-order valence-electron chi connectivity index (χ3n) is 2.99. The van der Waals surface area contributed by atoms with Gasteiger partial charge in [-0.05, 0) is 53.0 Å². The van der Waals surface area contributed by atoms with E-state index in [0.29, 0.717) is 27.2 Å². The summed E-state index contributed by atoms with van der Waals surface area (Å²) >= 11 is 17.4. The normalized spacial score (nSPS) is 10.6. The van der Waals surface area contributed by atoms with Crippen molar-refractivity contribution >= 4 is 41.1 Å². The minimum atomic E-state index is 0.339. The first kappa shape index (κ1) is 15.0. The Labute approximate surface area is 142 Å². The van der Waals surface area contributed by atoms with Crippen LogP contribution < -0.4 is 5.32 Å². The average molecular weight is 352 g/mol. The van der Waals surface area contributed by atoms with Crippen molar-refractivity contribution in [2.24, 2.45) is 0 Å². The largest absolute Gasteiger partial charge is 0.365 e. The van der Waals surface area contributed by atoms with E-state index in [1.165, 1.54) is 0 Å². The molecule has 0 unspecified atom stereocenters. The molecule has 3 rings (SSSR count). The highest BCUT2D eigenvalue weighted by molar-refractivity contribution is 7.71. The lowest BCUT2D eigenvalue weighted by Crippen LogP contribution is -2.10. The minimum absolute atomic E-state index is 0.339. The molecule has 0 fully saturated rings. The molecule has 22 heavy (non-hydrogen) atoms. The van der Waals surface area contributed by atoms with Crippen LogP contribution in [0.3, 0.4) is 0 Å². The van der Waals surface area contributed by atoms with Crippen molar-refractivity contribution in [3.05, 3.63) is 63.3 Å². The van der Waals surface area contributed by atoms with Crippen LogP contribution in [0.2, 0.25) is 10.0 Å². The average Bonchev–Trinajstić information content (AvgIpc) is 2.90. The topological polar surface area (TPSA) is 47.7 Å². The van der Waals surface area contributed by atoms with Gasteiger partial charge in [-0.15, -0.1) is 0 Å². The third-order valence-corrected chi connectivity index (χ3v) is 3.94. The van der Waals surface area contributed by atoms with Crippen LogP contribution in [-0.2, 0) is 6.67 Å². The van der Waals surface area contributed by atoms with Crippen LogP contribution >= 0.6 is 35.4 Å². The fourth-order valence-corrected chi connectivity index (χ4v) is 2.50. The van der Waals surface area contributed by atoms with Crippen molar-refractivity contribution in [1.82, 2.24) is 19.8 Å². The lowest BCUT2D eigenvalue weighted by Gasteiger charge is -2.08. The maximum atomic E-state index is 6.11. The van der Waals surface area contributed by atoms with Crippen molar-refractivity contribution in [1.29, 1.82) is 0 Å². The van der Waals surface area contributed by atoms with Crippen LogP contribution in [0.4, 0.5) is 5.69 Å². The maximum absolute atomic E-state index is 6.11. The molecule has 1 N–H and O–H groups in total. The van der Waals surface area contributed by atoms with Crippen LogP contribution in [-0.4, -0.2) is 19.8 Å². The Morgan fingerprint density at radius 3 is 2.59 bits per heavy atom. The second-order valence-electron chi connectivity index (χ2n) is 4.47. The fraction of sp³-hybridized carbons (Fsp3) is 0.0714. The van der Waals surface area contributed by atoms with Gasteiger partial charge in [0.1, 0.15) is 6.67 Å². The van der Waals surface area contributed by atoms with E-state index in [1.807, 2.05) is 30.3 Å². The zero-order valence-corrected chi connectivity index (χ0v) is 13.6. The van der Waals surface area contributed by atoms with Crippen molar-refractivity contribution in [2.75, 3.05) is 5.32 Å². The van der Waals surface area contributed by atoms with Crippen molar-refractivity contribution in [2.45, 2.75) is 6.67 Å². The van der Waals surface area contributed by atoms with E-state index in [1.54, 1.807) is 27.6 Å². The van der Waals surface area contributed by atoms with Gasteiger partial charge in [0.2, 0.25) is 4.77 Å². The molecule has 112 valence electrons. The lowest BCUT2D eigenvalue weighted by molar-refractivity contribution is 0.628. The number of hydrogen-bond donors (Lipinski definition) is 1. The highest BCUT2D eigenvalue weighted by Crippen LogP contribution is 2.25. The fourth-order valence-electron chi connectivity index (χ4n) is 1.90. The second-order valence-corrected chi connectivity index (χ2v) is 5.68. The van der Waals surface area contributed by atoms with Crippen molar-refractivity contribution in [3.63, 3.8) is 0 Å². The Morgan fingerprint density at radius 1 is 1.05 bits per heavy atom. The molecule has 0 saturated carbocycles. The van der Waals surface area contributed by atoms with Gasteiger partial charge in [0, 0.05) is 5.02 Å². The maximum Gasteiger partial charge on any atom is 0.222 e. The Morgan fingerprint density at radius 2 is 1.82 bits per heavy atom. The number of nitrogens with zero attached hydrogens (tertiary/aromatic N) is 4. The van der Waals surface area contributed by atoms with Gasteiger partial charge < -0.3 is 5.32 Å². The van der Waals surface area contributed by atoms with E-state index in [9.17, 15) is 0 Å². The molecule has 2 aromatic carbocycles. The first-order valence-corrected chi connectivity index (χ1v) is 7.59. The number of halogens is 2. The highest BCUT2D eigenvalue weighted by atomic mass is 35.5. The monoisotopic (exact) mass is 351 g/mol. The molecule has 0 saturated heterocycles. The summed E-state index contributed by atoms with van der Waals surface area (Å²) in [6, 6.07) is 14.8. The molecule has 0 amide bonds. The Balaban J connectivity index is 1.81. The standard InChI is InChI=1S/C14H11Cl2N5S/c15-10-6-7-12(16)13(8-10)17-9-20-14(22)21(19-18-20)11-4-2-1-3-5-11/h1-8,17H,9H2. The molecule has 0 atom stereocenters. The van der Waals surface area contributed by atoms with Gasteiger partial charge in [0.15, 0.2) is 0 Å². The van der Waals surface area contributed by atoms with E-state index in [0.717, 1.165) is 5.69 Å². The second kappa shape index (κ2) is 6.48. The predicted octanol–water partition coefficient (Wildman–Crippen LogP) is 4.17. The highest BCUT2D eigenvalue weighted by Gasteiger charge is 2.06. The predicted molar refractivity (Wildman–Crippen MR) is 90.3 cm³/mol. The van der Waals surface area contributed by atoms with E-state index < -0.39 is 0 Å². The summed E-state index contributed by atoms with van der Waals surface area (Å²) in [6.45, 7) is 0.339. The molecule has 3 aromatic rings. The van der Waals surface area contributed by atoms with Gasteiger partial charge in [-0.3, -0.25) is 0 Å². The summed E-state index contributed by atoms with van der Waals surface area (Å²) in [7, 11) is 0. The quantitative estimate of drug-likeness (QED) is 0.716. The molecule has 0 radical (unpaired) electrons. The number of rotatable bonds is 4. The third kappa shape index (κ3) is 3.14. The summed E-state index contributed by atoms with van der Waals surface area (Å²) in [6.07, 6.45) is 0. The van der Waals surface area contributed by atoms with E-state index in [4.69, 9.17) is 35.4 Å². The minimum Gasteiger partial charge on any atom is -0.365 e. The van der Waals surface area contributed by atoms with Crippen LogP contribution in [0.25, 0.3) is 5.69 Å². The number of hydrogen-bond acceptors (Lipinski definition) is 4. The first-order chi connectivity index (χ1) is 10.6. The molecular formula is C14H11Cl2N5S. The first-order valence-electron chi connectivity index (χ1n) is 6.42.